The van der Waals surface area contributed by atoms with Crippen LogP contribution in [0.1, 0.15) is 44.5 Å². The Hall–Kier alpha value is -1.64. The second-order valence-corrected chi connectivity index (χ2v) is 6.08. The molecule has 0 radical (unpaired) electrons. The van der Waals surface area contributed by atoms with Crippen molar-refractivity contribution in [2.24, 2.45) is 4.99 Å². The van der Waals surface area contributed by atoms with E-state index in [9.17, 15) is 0 Å². The predicted octanol–water partition coefficient (Wildman–Crippen LogP) is 3.21. The van der Waals surface area contributed by atoms with Crippen molar-refractivity contribution in [3.8, 4) is 0 Å². The number of nitrogens with one attached hydrogen (secondary N) is 2. The maximum Gasteiger partial charge on any atom is 0.191 e. The average molecular weight is 470 g/mol. The molecule has 0 bridgehead atoms. The summed E-state index contributed by atoms with van der Waals surface area (Å²) in [5.41, 5.74) is 1.37. The molecule has 1 unspecified atom stereocenters. The number of aromatic nitrogens is 3. The summed E-state index contributed by atoms with van der Waals surface area (Å²) in [7, 11) is 0. The van der Waals surface area contributed by atoms with Crippen LogP contribution in [0.3, 0.4) is 0 Å². The van der Waals surface area contributed by atoms with Crippen molar-refractivity contribution < 1.29 is 0 Å². The molecule has 1 aromatic carbocycles. The Morgan fingerprint density at radius 2 is 1.96 bits per heavy atom. The number of benzene rings is 1. The summed E-state index contributed by atoms with van der Waals surface area (Å²) in [6.07, 6.45) is 3.71. The summed E-state index contributed by atoms with van der Waals surface area (Å²) < 4.78 is 2.08. The van der Waals surface area contributed by atoms with Gasteiger partial charge in [0.2, 0.25) is 0 Å². The smallest absolute Gasteiger partial charge is 0.191 e. The first-order valence-corrected chi connectivity index (χ1v) is 9.18. The molecule has 0 amide bonds. The largest absolute Gasteiger partial charge is 0.357 e. The van der Waals surface area contributed by atoms with E-state index in [0.29, 0.717) is 5.92 Å². The highest BCUT2D eigenvalue weighted by Crippen LogP contribution is 2.17. The molecule has 1 aromatic heterocycles. The molecule has 26 heavy (non-hydrogen) atoms. The van der Waals surface area contributed by atoms with Gasteiger partial charge in [-0.25, -0.2) is 0 Å². The normalized spacial score (nSPS) is 12.3. The molecule has 6 nitrogen and oxygen atoms in total. The van der Waals surface area contributed by atoms with Gasteiger partial charge in [0.15, 0.2) is 5.96 Å². The lowest BCUT2D eigenvalue weighted by atomic mass is 9.98. The first-order chi connectivity index (χ1) is 12.2. The van der Waals surface area contributed by atoms with Gasteiger partial charge in [0.1, 0.15) is 12.2 Å². The van der Waals surface area contributed by atoms with Crippen LogP contribution in [0.25, 0.3) is 0 Å². The number of halogens is 1. The minimum atomic E-state index is 0. The van der Waals surface area contributed by atoms with Crippen molar-refractivity contribution in [1.82, 2.24) is 25.4 Å². The Balaban J connectivity index is 0.00000338. The highest BCUT2D eigenvalue weighted by atomic mass is 127. The predicted molar refractivity (Wildman–Crippen MR) is 118 cm³/mol. The molecule has 2 N–H and O–H groups in total. The average Bonchev–Trinajstić information content (AvgIpc) is 3.10. The van der Waals surface area contributed by atoms with Crippen LogP contribution < -0.4 is 10.6 Å². The Morgan fingerprint density at radius 1 is 1.19 bits per heavy atom. The fourth-order valence-corrected chi connectivity index (χ4v) is 2.69. The highest BCUT2D eigenvalue weighted by Gasteiger charge is 2.05. The first-order valence-electron chi connectivity index (χ1n) is 9.18. The van der Waals surface area contributed by atoms with Crippen LogP contribution in [-0.4, -0.2) is 40.4 Å². The third kappa shape index (κ3) is 7.31. The van der Waals surface area contributed by atoms with Crippen molar-refractivity contribution in [3.05, 3.63) is 48.0 Å². The van der Waals surface area contributed by atoms with Gasteiger partial charge in [-0.2, -0.15) is 0 Å². The van der Waals surface area contributed by atoms with Gasteiger partial charge in [-0.05, 0) is 24.8 Å². The molecule has 144 valence electrons. The monoisotopic (exact) mass is 470 g/mol. The lowest BCUT2D eigenvalue weighted by Crippen LogP contribution is -2.39. The molecule has 0 saturated heterocycles. The Bertz CT molecular complexity index is 640. The number of aliphatic imine (C=N–C) groups is 1. The SMILES string of the molecule is CCNC(=NCCC(C)c1ccccc1)NCCn1cnnc1CC.I. The van der Waals surface area contributed by atoms with Crippen molar-refractivity contribution in [1.29, 1.82) is 0 Å². The van der Waals surface area contributed by atoms with E-state index in [1.807, 2.05) is 0 Å². The number of nitrogens with zero attached hydrogens (tertiary/aromatic N) is 4. The minimum absolute atomic E-state index is 0. The lowest BCUT2D eigenvalue weighted by molar-refractivity contribution is 0.630. The molecule has 0 aliphatic carbocycles. The van der Waals surface area contributed by atoms with Gasteiger partial charge in [-0.1, -0.05) is 44.2 Å². The zero-order valence-electron chi connectivity index (χ0n) is 16.0. The molecular formula is C19H31IN6. The molecule has 2 aromatic rings. The summed E-state index contributed by atoms with van der Waals surface area (Å²) >= 11 is 0. The van der Waals surface area contributed by atoms with Crippen LogP contribution in [0, 0.1) is 0 Å². The van der Waals surface area contributed by atoms with E-state index in [1.165, 1.54) is 5.56 Å². The number of rotatable bonds is 9. The van der Waals surface area contributed by atoms with Crippen molar-refractivity contribution in [2.45, 2.75) is 46.1 Å². The number of hydrogen-bond donors (Lipinski definition) is 2. The Labute approximate surface area is 173 Å². The van der Waals surface area contributed by atoms with E-state index in [0.717, 1.165) is 50.8 Å². The topological polar surface area (TPSA) is 67.1 Å². The summed E-state index contributed by atoms with van der Waals surface area (Å²) in [6.45, 7) is 9.72. The maximum atomic E-state index is 4.69. The maximum absolute atomic E-state index is 4.69. The molecule has 2 rings (SSSR count). The standard InChI is InChI=1S/C19H30N6.HI/c1-4-18-24-23-15-25(18)14-13-22-19(20-5-2)21-12-11-16(3)17-9-7-6-8-10-17;/h6-10,15-16H,4-5,11-14H2,1-3H3,(H2,20,21,22);1H. The van der Waals surface area contributed by atoms with E-state index in [4.69, 9.17) is 4.99 Å². The molecule has 0 aliphatic heterocycles. The van der Waals surface area contributed by atoms with Crippen LogP contribution in [0.4, 0.5) is 0 Å². The van der Waals surface area contributed by atoms with Crippen LogP contribution in [0.2, 0.25) is 0 Å². The second-order valence-electron chi connectivity index (χ2n) is 6.08. The van der Waals surface area contributed by atoms with Crippen LogP contribution in [0.5, 0.6) is 0 Å². The van der Waals surface area contributed by atoms with Gasteiger partial charge in [-0.3, -0.25) is 4.99 Å². The number of aryl methyl sites for hydroxylation is 1. The quantitative estimate of drug-likeness (QED) is 0.336. The van der Waals surface area contributed by atoms with Gasteiger partial charge < -0.3 is 15.2 Å². The molecule has 0 saturated carbocycles. The van der Waals surface area contributed by atoms with E-state index < -0.39 is 0 Å². The van der Waals surface area contributed by atoms with Gasteiger partial charge >= 0.3 is 0 Å². The zero-order valence-corrected chi connectivity index (χ0v) is 18.3. The Morgan fingerprint density at radius 3 is 2.65 bits per heavy atom. The molecule has 7 heteroatoms. The molecule has 0 aliphatic rings. The van der Waals surface area contributed by atoms with E-state index >= 15 is 0 Å². The summed E-state index contributed by atoms with van der Waals surface area (Å²) in [4.78, 5) is 4.69. The molecule has 0 fully saturated rings. The van der Waals surface area contributed by atoms with Gasteiger partial charge in [0.25, 0.3) is 0 Å². The van der Waals surface area contributed by atoms with Crippen molar-refractivity contribution in [3.63, 3.8) is 0 Å². The van der Waals surface area contributed by atoms with E-state index in [-0.39, 0.29) is 24.0 Å². The lowest BCUT2D eigenvalue weighted by Gasteiger charge is -2.13. The number of guanidine groups is 1. The van der Waals surface area contributed by atoms with Crippen LogP contribution in [0.15, 0.2) is 41.7 Å². The van der Waals surface area contributed by atoms with Gasteiger partial charge in [0.05, 0.1) is 0 Å². The molecule has 1 atom stereocenters. The molecular weight excluding hydrogens is 439 g/mol. The second kappa shape index (κ2) is 12.7. The third-order valence-corrected chi connectivity index (χ3v) is 4.20. The summed E-state index contributed by atoms with van der Waals surface area (Å²) in [5.74, 6) is 2.39. The van der Waals surface area contributed by atoms with Crippen molar-refractivity contribution >= 4 is 29.9 Å². The Kier molecular flexibility index (Phi) is 10.9. The zero-order chi connectivity index (χ0) is 17.9. The van der Waals surface area contributed by atoms with E-state index in [1.54, 1.807) is 6.33 Å². The summed E-state index contributed by atoms with van der Waals surface area (Å²) in [5, 5.41) is 14.8. The van der Waals surface area contributed by atoms with Crippen molar-refractivity contribution in [2.75, 3.05) is 19.6 Å². The van der Waals surface area contributed by atoms with Gasteiger partial charge in [-0.15, -0.1) is 34.2 Å². The number of hydrogen-bond acceptors (Lipinski definition) is 3. The van der Waals surface area contributed by atoms with E-state index in [2.05, 4.69) is 76.5 Å². The van der Waals surface area contributed by atoms with Crippen LogP contribution in [-0.2, 0) is 13.0 Å². The van der Waals surface area contributed by atoms with Crippen LogP contribution >= 0.6 is 24.0 Å². The summed E-state index contributed by atoms with van der Waals surface area (Å²) in [6, 6.07) is 10.6. The molecule has 1 heterocycles. The third-order valence-electron chi connectivity index (χ3n) is 4.20. The highest BCUT2D eigenvalue weighted by molar-refractivity contribution is 14.0. The van der Waals surface area contributed by atoms with Gasteiger partial charge in [0, 0.05) is 32.6 Å². The minimum Gasteiger partial charge on any atom is -0.357 e. The fraction of sp³-hybridized carbons (Fsp3) is 0.526. The fourth-order valence-electron chi connectivity index (χ4n) is 2.69. The molecule has 0 spiro atoms. The first kappa shape index (κ1) is 22.4.